The van der Waals surface area contributed by atoms with E-state index in [-0.39, 0.29) is 5.91 Å². The number of hydrogen-bond acceptors (Lipinski definition) is 3. The van der Waals surface area contributed by atoms with Crippen LogP contribution in [0.5, 0.6) is 5.75 Å². The topological polar surface area (TPSA) is 64.3 Å². The minimum Gasteiger partial charge on any atom is -0.497 e. The van der Waals surface area contributed by atoms with Gasteiger partial charge in [0.15, 0.2) is 0 Å². The van der Waals surface area contributed by atoms with Gasteiger partial charge in [-0.1, -0.05) is 25.7 Å². The number of ether oxygens (including phenoxy) is 1. The Labute approximate surface area is 114 Å². The molecule has 0 atom stereocenters. The fraction of sp³-hybridized carbons (Fsp3) is 0.533. The third-order valence-electron chi connectivity index (χ3n) is 3.79. The Morgan fingerprint density at radius 3 is 2.79 bits per heavy atom. The van der Waals surface area contributed by atoms with E-state index in [4.69, 9.17) is 10.5 Å². The van der Waals surface area contributed by atoms with Gasteiger partial charge in [0.05, 0.1) is 18.5 Å². The van der Waals surface area contributed by atoms with E-state index >= 15 is 0 Å². The zero-order chi connectivity index (χ0) is 13.7. The van der Waals surface area contributed by atoms with E-state index in [1.807, 2.05) is 0 Å². The maximum atomic E-state index is 11.9. The Morgan fingerprint density at radius 1 is 1.42 bits per heavy atom. The second-order valence-corrected chi connectivity index (χ2v) is 5.19. The molecule has 0 bridgehead atoms. The number of anilines is 2. The summed E-state index contributed by atoms with van der Waals surface area (Å²) >= 11 is 0. The number of hydrogen-bond donors (Lipinski definition) is 2. The largest absolute Gasteiger partial charge is 0.497 e. The molecule has 0 heterocycles. The fourth-order valence-electron chi connectivity index (χ4n) is 2.63. The van der Waals surface area contributed by atoms with Gasteiger partial charge >= 0.3 is 0 Å². The quantitative estimate of drug-likeness (QED) is 0.801. The van der Waals surface area contributed by atoms with Crippen LogP contribution in [0.15, 0.2) is 18.2 Å². The molecule has 0 radical (unpaired) electrons. The Morgan fingerprint density at radius 2 is 2.16 bits per heavy atom. The highest BCUT2D eigenvalue weighted by molar-refractivity contribution is 5.93. The predicted octanol–water partition coefficient (Wildman–Crippen LogP) is 3.19. The van der Waals surface area contributed by atoms with Crippen molar-refractivity contribution >= 4 is 17.3 Å². The van der Waals surface area contributed by atoms with Crippen LogP contribution in [0, 0.1) is 5.92 Å². The SMILES string of the molecule is COc1ccc(NC(=O)CCC2CCCC2)c(N)c1. The van der Waals surface area contributed by atoms with E-state index in [2.05, 4.69) is 5.32 Å². The van der Waals surface area contributed by atoms with Gasteiger partial charge in [0.1, 0.15) is 5.75 Å². The summed E-state index contributed by atoms with van der Waals surface area (Å²) in [5.74, 6) is 1.48. The summed E-state index contributed by atoms with van der Waals surface area (Å²) in [5, 5.41) is 2.87. The third-order valence-corrected chi connectivity index (χ3v) is 3.79. The summed E-state index contributed by atoms with van der Waals surface area (Å²) < 4.78 is 5.08. The summed E-state index contributed by atoms with van der Waals surface area (Å²) in [6, 6.07) is 5.29. The number of rotatable bonds is 5. The molecule has 4 heteroatoms. The molecule has 19 heavy (non-hydrogen) atoms. The Kier molecular flexibility index (Phi) is 4.66. The molecule has 1 aromatic rings. The van der Waals surface area contributed by atoms with Gasteiger partial charge in [-0.3, -0.25) is 4.79 Å². The van der Waals surface area contributed by atoms with Crippen LogP contribution in [0.3, 0.4) is 0 Å². The predicted molar refractivity (Wildman–Crippen MR) is 77.2 cm³/mol. The number of methoxy groups -OCH3 is 1. The van der Waals surface area contributed by atoms with Crippen LogP contribution in [0.2, 0.25) is 0 Å². The van der Waals surface area contributed by atoms with Crippen molar-refractivity contribution in [3.8, 4) is 5.75 Å². The average molecular weight is 262 g/mol. The lowest BCUT2D eigenvalue weighted by molar-refractivity contribution is -0.116. The third kappa shape index (κ3) is 3.88. The second-order valence-electron chi connectivity index (χ2n) is 5.19. The van der Waals surface area contributed by atoms with Crippen molar-refractivity contribution in [1.82, 2.24) is 0 Å². The van der Waals surface area contributed by atoms with E-state index in [1.54, 1.807) is 25.3 Å². The molecule has 1 amide bonds. The molecule has 3 N–H and O–H groups in total. The lowest BCUT2D eigenvalue weighted by Crippen LogP contribution is -2.14. The van der Waals surface area contributed by atoms with Crippen molar-refractivity contribution in [2.24, 2.45) is 5.92 Å². The Bertz CT molecular complexity index is 440. The molecule has 1 aliphatic rings. The normalized spacial score (nSPS) is 15.4. The van der Waals surface area contributed by atoms with Crippen LogP contribution in [0.4, 0.5) is 11.4 Å². The fourth-order valence-corrected chi connectivity index (χ4v) is 2.63. The first kappa shape index (κ1) is 13.7. The summed E-state index contributed by atoms with van der Waals surface area (Å²) in [6.07, 6.45) is 6.75. The van der Waals surface area contributed by atoms with Crippen LogP contribution in [-0.2, 0) is 4.79 Å². The molecule has 0 unspecified atom stereocenters. The highest BCUT2D eigenvalue weighted by Gasteiger charge is 2.16. The van der Waals surface area contributed by atoms with E-state index < -0.39 is 0 Å². The molecule has 1 saturated carbocycles. The van der Waals surface area contributed by atoms with Crippen molar-refractivity contribution in [3.05, 3.63) is 18.2 Å². The number of nitrogen functional groups attached to an aromatic ring is 1. The molecule has 0 aromatic heterocycles. The summed E-state index contributed by atoms with van der Waals surface area (Å²) in [7, 11) is 1.59. The number of amides is 1. The number of nitrogens with one attached hydrogen (secondary N) is 1. The first-order valence-corrected chi connectivity index (χ1v) is 6.92. The molecule has 2 rings (SSSR count). The van der Waals surface area contributed by atoms with Crippen molar-refractivity contribution in [1.29, 1.82) is 0 Å². The zero-order valence-electron chi connectivity index (χ0n) is 11.4. The smallest absolute Gasteiger partial charge is 0.224 e. The van der Waals surface area contributed by atoms with Gasteiger partial charge in [-0.2, -0.15) is 0 Å². The van der Waals surface area contributed by atoms with Crippen LogP contribution in [-0.4, -0.2) is 13.0 Å². The first-order chi connectivity index (χ1) is 9.19. The lowest BCUT2D eigenvalue weighted by Gasteiger charge is -2.11. The van der Waals surface area contributed by atoms with Crippen molar-refractivity contribution in [2.75, 3.05) is 18.2 Å². The molecule has 1 aromatic carbocycles. The minimum atomic E-state index is 0.0452. The number of nitrogens with two attached hydrogens (primary N) is 1. The maximum Gasteiger partial charge on any atom is 0.224 e. The van der Waals surface area contributed by atoms with Gasteiger partial charge in [-0.05, 0) is 24.5 Å². The number of carbonyl (C=O) groups excluding carboxylic acids is 1. The summed E-state index contributed by atoms with van der Waals surface area (Å²) in [6.45, 7) is 0. The van der Waals surface area contributed by atoms with E-state index in [0.717, 1.165) is 12.3 Å². The number of benzene rings is 1. The van der Waals surface area contributed by atoms with Crippen molar-refractivity contribution < 1.29 is 9.53 Å². The van der Waals surface area contributed by atoms with Gasteiger partial charge in [0.25, 0.3) is 0 Å². The van der Waals surface area contributed by atoms with Crippen molar-refractivity contribution in [2.45, 2.75) is 38.5 Å². The molecule has 0 saturated heterocycles. The van der Waals surface area contributed by atoms with Crippen LogP contribution >= 0.6 is 0 Å². The van der Waals surface area contributed by atoms with E-state index in [1.165, 1.54) is 25.7 Å². The van der Waals surface area contributed by atoms with Gasteiger partial charge in [-0.25, -0.2) is 0 Å². The molecule has 104 valence electrons. The van der Waals surface area contributed by atoms with Gasteiger partial charge in [-0.15, -0.1) is 0 Å². The van der Waals surface area contributed by atoms with E-state index in [0.29, 0.717) is 23.5 Å². The van der Waals surface area contributed by atoms with Crippen molar-refractivity contribution in [3.63, 3.8) is 0 Å². The molecule has 1 fully saturated rings. The van der Waals surface area contributed by atoms with Gasteiger partial charge in [0, 0.05) is 12.5 Å². The summed E-state index contributed by atoms with van der Waals surface area (Å²) in [4.78, 5) is 11.9. The lowest BCUT2D eigenvalue weighted by atomic mass is 10.0. The molecule has 1 aliphatic carbocycles. The number of carbonyl (C=O) groups is 1. The van der Waals surface area contributed by atoms with Crippen LogP contribution in [0.25, 0.3) is 0 Å². The Hall–Kier alpha value is -1.71. The minimum absolute atomic E-state index is 0.0452. The highest BCUT2D eigenvalue weighted by atomic mass is 16.5. The van der Waals surface area contributed by atoms with E-state index in [9.17, 15) is 4.79 Å². The van der Waals surface area contributed by atoms with Gasteiger partial charge in [0.2, 0.25) is 5.91 Å². The molecule has 0 spiro atoms. The maximum absolute atomic E-state index is 11.9. The standard InChI is InChI=1S/C15H22N2O2/c1-19-12-7-8-14(13(16)10-12)17-15(18)9-6-11-4-2-3-5-11/h7-8,10-11H,2-6,9,16H2,1H3,(H,17,18). The van der Waals surface area contributed by atoms with Crippen LogP contribution in [0.1, 0.15) is 38.5 Å². The van der Waals surface area contributed by atoms with Gasteiger partial charge < -0.3 is 15.8 Å². The molecular formula is C15H22N2O2. The van der Waals surface area contributed by atoms with Crippen LogP contribution < -0.4 is 15.8 Å². The second kappa shape index (κ2) is 6.45. The molecular weight excluding hydrogens is 240 g/mol. The zero-order valence-corrected chi connectivity index (χ0v) is 11.4. The highest BCUT2D eigenvalue weighted by Crippen LogP contribution is 2.29. The molecule has 4 nitrogen and oxygen atoms in total. The summed E-state index contributed by atoms with van der Waals surface area (Å²) in [5.41, 5.74) is 7.07. The Balaban J connectivity index is 1.84. The first-order valence-electron chi connectivity index (χ1n) is 6.92. The monoisotopic (exact) mass is 262 g/mol. The average Bonchev–Trinajstić information content (AvgIpc) is 2.92. The molecule has 0 aliphatic heterocycles.